The molecule has 98 valence electrons. The molecule has 1 N–H and O–H groups in total. The smallest absolute Gasteiger partial charge is 0.131 e. The normalized spacial score (nSPS) is 14.6. The van der Waals surface area contributed by atoms with E-state index in [2.05, 4.69) is 21.2 Å². The quantitative estimate of drug-likeness (QED) is 0.874. The van der Waals surface area contributed by atoms with Gasteiger partial charge >= 0.3 is 0 Å². The molecule has 1 aliphatic rings. The summed E-state index contributed by atoms with van der Waals surface area (Å²) in [5.41, 5.74) is 2.68. The zero-order valence-corrected chi connectivity index (χ0v) is 12.1. The van der Waals surface area contributed by atoms with Crippen LogP contribution in [0.15, 0.2) is 46.9 Å². The zero-order chi connectivity index (χ0) is 13.2. The van der Waals surface area contributed by atoms with Gasteiger partial charge in [0.2, 0.25) is 0 Å². The van der Waals surface area contributed by atoms with Gasteiger partial charge < -0.3 is 5.32 Å². The fourth-order valence-electron chi connectivity index (χ4n) is 2.12. The molecule has 0 heterocycles. The van der Waals surface area contributed by atoms with E-state index in [4.69, 9.17) is 0 Å². The van der Waals surface area contributed by atoms with Gasteiger partial charge in [-0.1, -0.05) is 40.2 Å². The van der Waals surface area contributed by atoms with Gasteiger partial charge in [-0.15, -0.1) is 0 Å². The Kier molecular flexibility index (Phi) is 3.67. The van der Waals surface area contributed by atoms with Gasteiger partial charge in [-0.25, -0.2) is 4.39 Å². The second-order valence-corrected chi connectivity index (χ2v) is 5.80. The van der Waals surface area contributed by atoms with E-state index in [1.165, 1.54) is 12.8 Å². The van der Waals surface area contributed by atoms with E-state index < -0.39 is 0 Å². The lowest BCUT2D eigenvalue weighted by Gasteiger charge is -2.09. The van der Waals surface area contributed by atoms with E-state index in [0.29, 0.717) is 11.6 Å². The van der Waals surface area contributed by atoms with Crippen LogP contribution in [0.25, 0.3) is 11.1 Å². The van der Waals surface area contributed by atoms with Gasteiger partial charge in [0.1, 0.15) is 5.82 Å². The van der Waals surface area contributed by atoms with Gasteiger partial charge in [-0.3, -0.25) is 0 Å². The predicted octanol–water partition coefficient (Wildman–Crippen LogP) is 4.51. The fraction of sp³-hybridized carbons (Fsp3) is 0.250. The average Bonchev–Trinajstić information content (AvgIpc) is 3.23. The molecular weight excluding hydrogens is 305 g/mol. The lowest BCUT2D eigenvalue weighted by molar-refractivity contribution is 0.628. The molecule has 3 rings (SSSR count). The Morgan fingerprint density at radius 1 is 1.11 bits per heavy atom. The van der Waals surface area contributed by atoms with Gasteiger partial charge in [0.15, 0.2) is 0 Å². The van der Waals surface area contributed by atoms with Crippen molar-refractivity contribution >= 4 is 15.9 Å². The number of hydrogen-bond donors (Lipinski definition) is 1. The highest BCUT2D eigenvalue weighted by atomic mass is 79.9. The molecule has 1 nitrogen and oxygen atoms in total. The molecule has 3 heteroatoms. The van der Waals surface area contributed by atoms with Crippen molar-refractivity contribution in [1.29, 1.82) is 0 Å². The van der Waals surface area contributed by atoms with Gasteiger partial charge in [0, 0.05) is 22.6 Å². The summed E-state index contributed by atoms with van der Waals surface area (Å²) < 4.78 is 14.9. The van der Waals surface area contributed by atoms with Crippen LogP contribution in [0.5, 0.6) is 0 Å². The molecule has 0 unspecified atom stereocenters. The van der Waals surface area contributed by atoms with Crippen LogP contribution in [0.2, 0.25) is 0 Å². The van der Waals surface area contributed by atoms with E-state index in [1.807, 2.05) is 36.4 Å². The molecule has 0 bridgehead atoms. The summed E-state index contributed by atoms with van der Waals surface area (Å²) in [6.45, 7) is 0.808. The Balaban J connectivity index is 1.90. The van der Waals surface area contributed by atoms with E-state index >= 15 is 0 Å². The topological polar surface area (TPSA) is 12.0 Å². The molecule has 1 saturated carbocycles. The molecule has 0 aromatic heterocycles. The number of rotatable bonds is 4. The SMILES string of the molecule is Fc1ccc(CNC2CC2)cc1-c1ccccc1Br. The van der Waals surface area contributed by atoms with Crippen LogP contribution < -0.4 is 5.32 Å². The number of hydrogen-bond acceptors (Lipinski definition) is 1. The third kappa shape index (κ3) is 3.04. The van der Waals surface area contributed by atoms with Crippen molar-refractivity contribution in [3.05, 3.63) is 58.3 Å². The van der Waals surface area contributed by atoms with Crippen LogP contribution >= 0.6 is 15.9 Å². The second-order valence-electron chi connectivity index (χ2n) is 4.95. The summed E-state index contributed by atoms with van der Waals surface area (Å²) in [6, 6.07) is 13.7. The van der Waals surface area contributed by atoms with Crippen molar-refractivity contribution in [3.8, 4) is 11.1 Å². The summed E-state index contributed by atoms with van der Waals surface area (Å²) in [7, 11) is 0. The Labute approximate surface area is 121 Å². The monoisotopic (exact) mass is 319 g/mol. The molecule has 2 aromatic carbocycles. The van der Waals surface area contributed by atoms with Crippen LogP contribution in [0, 0.1) is 5.82 Å². The maximum Gasteiger partial charge on any atom is 0.131 e. The predicted molar refractivity (Wildman–Crippen MR) is 79.4 cm³/mol. The second kappa shape index (κ2) is 5.43. The van der Waals surface area contributed by atoms with Gasteiger partial charge in [0.25, 0.3) is 0 Å². The van der Waals surface area contributed by atoms with Crippen molar-refractivity contribution in [1.82, 2.24) is 5.32 Å². The lowest BCUT2D eigenvalue weighted by Crippen LogP contribution is -2.15. The van der Waals surface area contributed by atoms with Crippen molar-refractivity contribution in [3.63, 3.8) is 0 Å². The van der Waals surface area contributed by atoms with Crippen LogP contribution in [0.4, 0.5) is 4.39 Å². The Morgan fingerprint density at radius 2 is 1.89 bits per heavy atom. The van der Waals surface area contributed by atoms with E-state index in [0.717, 1.165) is 22.1 Å². The summed E-state index contributed by atoms with van der Waals surface area (Å²) in [5, 5.41) is 3.45. The van der Waals surface area contributed by atoms with E-state index in [9.17, 15) is 4.39 Å². The molecule has 0 radical (unpaired) electrons. The first-order valence-electron chi connectivity index (χ1n) is 6.51. The summed E-state index contributed by atoms with van der Waals surface area (Å²) in [6.07, 6.45) is 2.52. The molecule has 0 aliphatic heterocycles. The Morgan fingerprint density at radius 3 is 2.63 bits per heavy atom. The minimum atomic E-state index is -0.179. The first kappa shape index (κ1) is 12.8. The van der Waals surface area contributed by atoms with Crippen molar-refractivity contribution in [2.45, 2.75) is 25.4 Å². The Bertz CT molecular complexity index is 593. The maximum atomic E-state index is 14.0. The highest BCUT2D eigenvalue weighted by Gasteiger charge is 2.20. The van der Waals surface area contributed by atoms with Crippen LogP contribution in [-0.4, -0.2) is 6.04 Å². The molecule has 0 spiro atoms. The molecule has 19 heavy (non-hydrogen) atoms. The largest absolute Gasteiger partial charge is 0.310 e. The van der Waals surface area contributed by atoms with Crippen LogP contribution in [0.1, 0.15) is 18.4 Å². The molecule has 0 amide bonds. The van der Waals surface area contributed by atoms with Gasteiger partial charge in [-0.05, 0) is 42.2 Å². The molecule has 0 saturated heterocycles. The fourth-order valence-corrected chi connectivity index (χ4v) is 2.62. The van der Waals surface area contributed by atoms with Gasteiger partial charge in [-0.2, -0.15) is 0 Å². The summed E-state index contributed by atoms with van der Waals surface area (Å²) >= 11 is 3.48. The molecular formula is C16H15BrFN. The molecule has 1 aliphatic carbocycles. The first-order chi connectivity index (χ1) is 9.24. The van der Waals surface area contributed by atoms with E-state index in [1.54, 1.807) is 6.07 Å². The van der Waals surface area contributed by atoms with Crippen molar-refractivity contribution in [2.75, 3.05) is 0 Å². The maximum absolute atomic E-state index is 14.0. The lowest BCUT2D eigenvalue weighted by atomic mass is 10.0. The molecule has 2 aromatic rings. The highest BCUT2D eigenvalue weighted by molar-refractivity contribution is 9.10. The highest BCUT2D eigenvalue weighted by Crippen LogP contribution is 2.30. The first-order valence-corrected chi connectivity index (χ1v) is 7.30. The van der Waals surface area contributed by atoms with Crippen molar-refractivity contribution in [2.24, 2.45) is 0 Å². The average molecular weight is 320 g/mol. The summed E-state index contributed by atoms with van der Waals surface area (Å²) in [4.78, 5) is 0. The van der Waals surface area contributed by atoms with Crippen molar-refractivity contribution < 1.29 is 4.39 Å². The number of halogens is 2. The number of benzene rings is 2. The minimum absolute atomic E-state index is 0.179. The van der Waals surface area contributed by atoms with Crippen LogP contribution in [0.3, 0.4) is 0 Å². The molecule has 0 atom stereocenters. The summed E-state index contributed by atoms with van der Waals surface area (Å²) in [5.74, 6) is -0.179. The number of nitrogens with one attached hydrogen (secondary N) is 1. The third-order valence-electron chi connectivity index (χ3n) is 3.37. The molecule has 1 fully saturated rings. The van der Waals surface area contributed by atoms with E-state index in [-0.39, 0.29) is 5.82 Å². The minimum Gasteiger partial charge on any atom is -0.310 e. The third-order valence-corrected chi connectivity index (χ3v) is 4.06. The van der Waals surface area contributed by atoms with Gasteiger partial charge in [0.05, 0.1) is 0 Å². The van der Waals surface area contributed by atoms with Crippen LogP contribution in [-0.2, 0) is 6.54 Å². The standard InChI is InChI=1S/C16H15BrFN/c17-15-4-2-1-3-13(15)14-9-11(5-8-16(14)18)10-19-12-6-7-12/h1-5,8-9,12,19H,6-7,10H2. The zero-order valence-electron chi connectivity index (χ0n) is 10.5. The Hall–Kier alpha value is -1.19.